The summed E-state index contributed by atoms with van der Waals surface area (Å²) in [6.07, 6.45) is 0. The molecule has 2 aromatic carbocycles. The second-order valence-corrected chi connectivity index (χ2v) is 7.61. The standard InChI is InChI=1S/C23H28FN3O4/c1-25(2)22(28)16-31-20-7-5-4-6-18(20)23(29)27-12-10-26(11-13-27)15-17-8-9-21(30-3)19(24)14-17/h4-9,14H,10-13,15-16H2,1-3H3. The van der Waals surface area contributed by atoms with E-state index < -0.39 is 0 Å². The molecule has 1 aliphatic heterocycles. The highest BCUT2D eigenvalue weighted by atomic mass is 19.1. The van der Waals surface area contributed by atoms with Gasteiger partial charge in [-0.2, -0.15) is 0 Å². The molecule has 1 aliphatic rings. The largest absolute Gasteiger partial charge is 0.494 e. The van der Waals surface area contributed by atoms with Crippen molar-refractivity contribution in [1.82, 2.24) is 14.7 Å². The number of rotatable bonds is 7. The topological polar surface area (TPSA) is 62.3 Å². The van der Waals surface area contributed by atoms with Crippen LogP contribution in [0.4, 0.5) is 4.39 Å². The normalized spacial score (nSPS) is 14.3. The Balaban J connectivity index is 1.58. The van der Waals surface area contributed by atoms with Crippen molar-refractivity contribution in [2.24, 2.45) is 0 Å². The number of methoxy groups -OCH3 is 1. The highest BCUT2D eigenvalue weighted by Gasteiger charge is 2.24. The summed E-state index contributed by atoms with van der Waals surface area (Å²) in [5.41, 5.74) is 1.31. The van der Waals surface area contributed by atoms with Crippen molar-refractivity contribution >= 4 is 11.8 Å². The van der Waals surface area contributed by atoms with Crippen LogP contribution in [0.15, 0.2) is 42.5 Å². The molecule has 1 fully saturated rings. The van der Waals surface area contributed by atoms with Gasteiger partial charge in [0.1, 0.15) is 5.75 Å². The Hall–Kier alpha value is -3.13. The first kappa shape index (κ1) is 22.6. The van der Waals surface area contributed by atoms with Gasteiger partial charge in [0.25, 0.3) is 11.8 Å². The minimum atomic E-state index is -0.377. The summed E-state index contributed by atoms with van der Waals surface area (Å²) in [6, 6.07) is 11.9. The molecule has 0 bridgehead atoms. The zero-order valence-corrected chi connectivity index (χ0v) is 18.1. The number of hydrogen-bond acceptors (Lipinski definition) is 5. The van der Waals surface area contributed by atoms with Crippen molar-refractivity contribution in [3.8, 4) is 11.5 Å². The molecule has 0 aliphatic carbocycles. The summed E-state index contributed by atoms with van der Waals surface area (Å²) >= 11 is 0. The Bertz CT molecular complexity index is 927. The van der Waals surface area contributed by atoms with Gasteiger partial charge in [-0.3, -0.25) is 14.5 Å². The predicted molar refractivity (Wildman–Crippen MR) is 115 cm³/mol. The van der Waals surface area contributed by atoms with Crippen molar-refractivity contribution < 1.29 is 23.5 Å². The van der Waals surface area contributed by atoms with Crippen LogP contribution in [-0.2, 0) is 11.3 Å². The summed E-state index contributed by atoms with van der Waals surface area (Å²) in [6.45, 7) is 2.96. The van der Waals surface area contributed by atoms with Gasteiger partial charge in [0, 0.05) is 46.8 Å². The Kier molecular flexibility index (Phi) is 7.46. The maximum Gasteiger partial charge on any atom is 0.259 e. The smallest absolute Gasteiger partial charge is 0.259 e. The second-order valence-electron chi connectivity index (χ2n) is 7.61. The monoisotopic (exact) mass is 429 g/mol. The molecule has 0 aromatic heterocycles. The second kappa shape index (κ2) is 10.3. The Morgan fingerprint density at radius 1 is 1.03 bits per heavy atom. The number of benzene rings is 2. The SMILES string of the molecule is COc1ccc(CN2CCN(C(=O)c3ccccc3OCC(=O)N(C)C)CC2)cc1F. The molecular weight excluding hydrogens is 401 g/mol. The summed E-state index contributed by atoms with van der Waals surface area (Å²) in [5.74, 6) is -0.0433. The number of likely N-dealkylation sites (N-methyl/N-ethyl adjacent to an activating group) is 1. The van der Waals surface area contributed by atoms with Gasteiger partial charge in [0.2, 0.25) is 0 Å². The maximum absolute atomic E-state index is 13.9. The van der Waals surface area contributed by atoms with Crippen LogP contribution in [0.25, 0.3) is 0 Å². The molecule has 0 spiro atoms. The number of piperazine rings is 1. The quantitative estimate of drug-likeness (QED) is 0.676. The molecule has 0 N–H and O–H groups in total. The van der Waals surface area contributed by atoms with Crippen LogP contribution < -0.4 is 9.47 Å². The van der Waals surface area contributed by atoms with Crippen molar-refractivity contribution in [1.29, 1.82) is 0 Å². The molecule has 1 heterocycles. The van der Waals surface area contributed by atoms with E-state index in [0.717, 1.165) is 5.56 Å². The number of nitrogens with zero attached hydrogens (tertiary/aromatic N) is 3. The van der Waals surface area contributed by atoms with Crippen LogP contribution in [0.2, 0.25) is 0 Å². The molecule has 1 saturated heterocycles. The number of halogens is 1. The van der Waals surface area contributed by atoms with Crippen LogP contribution in [0.1, 0.15) is 15.9 Å². The van der Waals surface area contributed by atoms with Crippen molar-refractivity contribution in [3.63, 3.8) is 0 Å². The van der Waals surface area contributed by atoms with E-state index in [0.29, 0.717) is 44.0 Å². The number of carbonyl (C=O) groups excluding carboxylic acids is 2. The van der Waals surface area contributed by atoms with Crippen LogP contribution in [0.3, 0.4) is 0 Å². The molecule has 0 atom stereocenters. The fourth-order valence-electron chi connectivity index (χ4n) is 3.38. The lowest BCUT2D eigenvalue weighted by atomic mass is 10.1. The third-order valence-electron chi connectivity index (χ3n) is 5.25. The van der Waals surface area contributed by atoms with E-state index in [1.807, 2.05) is 6.07 Å². The fourth-order valence-corrected chi connectivity index (χ4v) is 3.38. The lowest BCUT2D eigenvalue weighted by Crippen LogP contribution is -2.48. The van der Waals surface area contributed by atoms with E-state index in [1.165, 1.54) is 18.1 Å². The molecular formula is C23H28FN3O4. The van der Waals surface area contributed by atoms with Crippen LogP contribution >= 0.6 is 0 Å². The molecule has 166 valence electrons. The third kappa shape index (κ3) is 5.73. The number of para-hydroxylation sites is 1. The van der Waals surface area contributed by atoms with E-state index in [-0.39, 0.29) is 30.0 Å². The van der Waals surface area contributed by atoms with Crippen LogP contribution in [0, 0.1) is 5.82 Å². The molecule has 31 heavy (non-hydrogen) atoms. The van der Waals surface area contributed by atoms with E-state index in [1.54, 1.807) is 49.3 Å². The van der Waals surface area contributed by atoms with Crippen molar-refractivity contribution in [3.05, 3.63) is 59.4 Å². The van der Waals surface area contributed by atoms with Crippen molar-refractivity contribution in [2.75, 3.05) is 54.0 Å². The molecule has 2 aromatic rings. The van der Waals surface area contributed by atoms with Gasteiger partial charge in [-0.1, -0.05) is 18.2 Å². The van der Waals surface area contributed by atoms with E-state index >= 15 is 0 Å². The highest BCUT2D eigenvalue weighted by molar-refractivity contribution is 5.97. The minimum Gasteiger partial charge on any atom is -0.494 e. The summed E-state index contributed by atoms with van der Waals surface area (Å²) < 4.78 is 24.5. The highest BCUT2D eigenvalue weighted by Crippen LogP contribution is 2.22. The lowest BCUT2D eigenvalue weighted by Gasteiger charge is -2.35. The predicted octanol–water partition coefficient (Wildman–Crippen LogP) is 2.26. The average molecular weight is 429 g/mol. The fraction of sp³-hybridized carbons (Fsp3) is 0.391. The molecule has 3 rings (SSSR count). The summed E-state index contributed by atoms with van der Waals surface area (Å²) in [5, 5.41) is 0. The number of hydrogen-bond donors (Lipinski definition) is 0. The van der Waals surface area contributed by atoms with Gasteiger partial charge in [-0.25, -0.2) is 4.39 Å². The number of ether oxygens (including phenoxy) is 2. The molecule has 0 saturated carbocycles. The first-order valence-corrected chi connectivity index (χ1v) is 10.1. The first-order chi connectivity index (χ1) is 14.9. The van der Waals surface area contributed by atoms with Gasteiger partial charge >= 0.3 is 0 Å². The Morgan fingerprint density at radius 2 is 1.74 bits per heavy atom. The van der Waals surface area contributed by atoms with Crippen LogP contribution in [0.5, 0.6) is 11.5 Å². The zero-order valence-electron chi connectivity index (χ0n) is 18.1. The minimum absolute atomic E-state index is 0.122. The van der Waals surface area contributed by atoms with Crippen molar-refractivity contribution in [2.45, 2.75) is 6.54 Å². The molecule has 0 unspecified atom stereocenters. The van der Waals surface area contributed by atoms with E-state index in [4.69, 9.17) is 9.47 Å². The average Bonchev–Trinajstić information content (AvgIpc) is 2.77. The Labute approximate surface area is 181 Å². The maximum atomic E-state index is 13.9. The zero-order chi connectivity index (χ0) is 22.4. The molecule has 8 heteroatoms. The number of carbonyl (C=O) groups is 2. The van der Waals surface area contributed by atoms with Crippen LogP contribution in [-0.4, -0.2) is 80.5 Å². The Morgan fingerprint density at radius 3 is 2.39 bits per heavy atom. The third-order valence-corrected chi connectivity index (χ3v) is 5.25. The van der Waals surface area contributed by atoms with E-state index in [2.05, 4.69) is 4.90 Å². The molecule has 7 nitrogen and oxygen atoms in total. The van der Waals surface area contributed by atoms with E-state index in [9.17, 15) is 14.0 Å². The summed E-state index contributed by atoms with van der Waals surface area (Å²) in [4.78, 5) is 30.3. The summed E-state index contributed by atoms with van der Waals surface area (Å²) in [7, 11) is 4.75. The van der Waals surface area contributed by atoms with Gasteiger partial charge in [-0.15, -0.1) is 0 Å². The number of amides is 2. The first-order valence-electron chi connectivity index (χ1n) is 10.1. The van der Waals surface area contributed by atoms with Gasteiger partial charge in [0.05, 0.1) is 12.7 Å². The molecule has 0 radical (unpaired) electrons. The van der Waals surface area contributed by atoms with Gasteiger partial charge in [-0.05, 0) is 29.8 Å². The van der Waals surface area contributed by atoms with Gasteiger partial charge < -0.3 is 19.3 Å². The lowest BCUT2D eigenvalue weighted by molar-refractivity contribution is -0.130. The van der Waals surface area contributed by atoms with Gasteiger partial charge in [0.15, 0.2) is 18.2 Å². The molecule has 2 amide bonds.